The van der Waals surface area contributed by atoms with Crippen LogP contribution in [0.1, 0.15) is 30.2 Å². The number of aromatic nitrogens is 1. The van der Waals surface area contributed by atoms with Crippen molar-refractivity contribution in [2.45, 2.75) is 32.4 Å². The molecule has 7 nitrogen and oxygen atoms in total. The van der Waals surface area contributed by atoms with Crippen molar-refractivity contribution in [3.8, 4) is 0 Å². The van der Waals surface area contributed by atoms with Gasteiger partial charge in [-0.15, -0.1) is 0 Å². The zero-order valence-electron chi connectivity index (χ0n) is 12.6. The first-order chi connectivity index (χ1) is 10.5. The van der Waals surface area contributed by atoms with Crippen molar-refractivity contribution in [1.82, 2.24) is 9.88 Å². The molecule has 1 aromatic heterocycles. The van der Waals surface area contributed by atoms with Crippen LogP contribution in [0.3, 0.4) is 0 Å². The molecule has 0 atom stereocenters. The Morgan fingerprint density at radius 2 is 2.14 bits per heavy atom. The minimum atomic E-state index is -2.94. The molecule has 1 amide bonds. The van der Waals surface area contributed by atoms with Crippen molar-refractivity contribution in [2.24, 2.45) is 5.92 Å². The summed E-state index contributed by atoms with van der Waals surface area (Å²) >= 11 is 0. The van der Waals surface area contributed by atoms with Crippen LogP contribution in [0.15, 0.2) is 4.42 Å². The van der Waals surface area contributed by atoms with Crippen molar-refractivity contribution in [2.75, 3.05) is 25.2 Å². The molecule has 3 rings (SSSR count). The maximum absolute atomic E-state index is 12.6. The quantitative estimate of drug-likeness (QED) is 0.804. The van der Waals surface area contributed by atoms with Crippen LogP contribution in [0, 0.1) is 5.92 Å². The smallest absolute Gasteiger partial charge is 0.226 e. The molecule has 2 aliphatic rings. The van der Waals surface area contributed by atoms with Gasteiger partial charge in [0.2, 0.25) is 11.8 Å². The Bertz CT molecular complexity index is 653. The predicted octanol–water partition coefficient (Wildman–Crippen LogP) is 0.530. The fourth-order valence-electron chi connectivity index (χ4n) is 3.02. The van der Waals surface area contributed by atoms with Gasteiger partial charge in [0.1, 0.15) is 27.9 Å². The second-order valence-electron chi connectivity index (χ2n) is 5.85. The molecule has 22 heavy (non-hydrogen) atoms. The maximum atomic E-state index is 12.6. The summed E-state index contributed by atoms with van der Waals surface area (Å²) in [5.74, 6) is 1.44. The molecule has 1 fully saturated rings. The Balaban J connectivity index is 1.65. The van der Waals surface area contributed by atoms with E-state index in [2.05, 4.69) is 4.98 Å². The van der Waals surface area contributed by atoms with Crippen LogP contribution in [0.2, 0.25) is 0 Å². The number of oxazole rings is 1. The molecule has 0 saturated carbocycles. The van der Waals surface area contributed by atoms with Gasteiger partial charge in [-0.3, -0.25) is 4.79 Å². The Kier molecular flexibility index (Phi) is 4.22. The molecule has 0 aliphatic carbocycles. The third kappa shape index (κ3) is 3.17. The van der Waals surface area contributed by atoms with Gasteiger partial charge in [-0.1, -0.05) is 0 Å². The summed E-state index contributed by atoms with van der Waals surface area (Å²) in [7, 11) is -1.36. The van der Waals surface area contributed by atoms with E-state index in [9.17, 15) is 13.2 Å². The number of fused-ring (bicyclic) bond motifs is 1. The van der Waals surface area contributed by atoms with Crippen LogP contribution < -0.4 is 0 Å². The van der Waals surface area contributed by atoms with Crippen molar-refractivity contribution >= 4 is 15.7 Å². The summed E-state index contributed by atoms with van der Waals surface area (Å²) in [5, 5.41) is 0. The van der Waals surface area contributed by atoms with E-state index in [1.54, 1.807) is 12.0 Å². The fourth-order valence-corrected chi connectivity index (χ4v) is 4.51. The molecular formula is C14H20N2O5S. The van der Waals surface area contributed by atoms with Crippen LogP contribution in [0.4, 0.5) is 0 Å². The Morgan fingerprint density at radius 1 is 1.41 bits per heavy atom. The number of hydrogen-bond acceptors (Lipinski definition) is 6. The van der Waals surface area contributed by atoms with Gasteiger partial charge in [0, 0.05) is 26.0 Å². The van der Waals surface area contributed by atoms with E-state index in [0.717, 1.165) is 11.5 Å². The van der Waals surface area contributed by atoms with E-state index in [-0.39, 0.29) is 23.3 Å². The molecule has 3 heterocycles. The zero-order chi connectivity index (χ0) is 15.7. The van der Waals surface area contributed by atoms with Gasteiger partial charge in [0.05, 0.1) is 18.1 Å². The van der Waals surface area contributed by atoms with E-state index in [1.165, 1.54) is 0 Å². The van der Waals surface area contributed by atoms with Gasteiger partial charge >= 0.3 is 0 Å². The number of nitrogens with zero attached hydrogens (tertiary/aromatic N) is 2. The molecule has 1 saturated heterocycles. The minimum absolute atomic E-state index is 0.0387. The summed E-state index contributed by atoms with van der Waals surface area (Å²) < 4.78 is 33.5. The van der Waals surface area contributed by atoms with E-state index in [0.29, 0.717) is 44.8 Å². The average molecular weight is 328 g/mol. The second-order valence-corrected chi connectivity index (χ2v) is 8.15. The number of sulfone groups is 1. The first-order valence-electron chi connectivity index (χ1n) is 7.44. The van der Waals surface area contributed by atoms with Crippen molar-refractivity contribution < 1.29 is 22.4 Å². The van der Waals surface area contributed by atoms with Gasteiger partial charge in [-0.05, 0) is 12.8 Å². The van der Waals surface area contributed by atoms with Crippen molar-refractivity contribution in [1.29, 1.82) is 0 Å². The third-order valence-corrected chi connectivity index (χ3v) is 5.97. The lowest BCUT2D eigenvalue weighted by atomic mass is 10.00. The second kappa shape index (κ2) is 6.00. The number of methoxy groups -OCH3 is 1. The van der Waals surface area contributed by atoms with Gasteiger partial charge in [0.25, 0.3) is 0 Å². The lowest BCUT2D eigenvalue weighted by molar-refractivity contribution is -0.136. The highest BCUT2D eigenvalue weighted by Gasteiger charge is 2.33. The molecule has 1 aromatic rings. The lowest BCUT2D eigenvalue weighted by Crippen LogP contribution is -2.42. The van der Waals surface area contributed by atoms with Crippen LogP contribution in [-0.2, 0) is 38.9 Å². The van der Waals surface area contributed by atoms with E-state index < -0.39 is 9.84 Å². The standard InChI is InChI=1S/C14H20N2O5S/c1-20-9-13-15-11-8-16(5-2-12(11)21-13)14(17)10-3-6-22(18,19)7-4-10/h10H,2-9H2,1H3. The molecular weight excluding hydrogens is 308 g/mol. The summed E-state index contributed by atoms with van der Waals surface area (Å²) in [6, 6.07) is 0. The van der Waals surface area contributed by atoms with Gasteiger partial charge < -0.3 is 14.1 Å². The molecule has 0 radical (unpaired) electrons. The normalized spacial score (nSPS) is 21.6. The van der Waals surface area contributed by atoms with Gasteiger partial charge in [-0.2, -0.15) is 0 Å². The topological polar surface area (TPSA) is 89.7 Å². The van der Waals surface area contributed by atoms with Gasteiger partial charge in [0.15, 0.2) is 0 Å². The Morgan fingerprint density at radius 3 is 2.82 bits per heavy atom. The molecule has 2 aliphatic heterocycles. The highest BCUT2D eigenvalue weighted by Crippen LogP contribution is 2.25. The Hall–Kier alpha value is -1.41. The number of carbonyl (C=O) groups excluding carboxylic acids is 1. The monoisotopic (exact) mass is 328 g/mol. The lowest BCUT2D eigenvalue weighted by Gasteiger charge is -2.30. The minimum Gasteiger partial charge on any atom is -0.443 e. The molecule has 0 N–H and O–H groups in total. The summed E-state index contributed by atoms with van der Waals surface area (Å²) in [5.41, 5.74) is 0.787. The highest BCUT2D eigenvalue weighted by molar-refractivity contribution is 7.91. The van der Waals surface area contributed by atoms with Crippen LogP contribution in [0.25, 0.3) is 0 Å². The molecule has 0 aromatic carbocycles. The highest BCUT2D eigenvalue weighted by atomic mass is 32.2. The van der Waals surface area contributed by atoms with E-state index >= 15 is 0 Å². The third-order valence-electron chi connectivity index (χ3n) is 4.26. The summed E-state index contributed by atoms with van der Waals surface area (Å²) in [6.07, 6.45) is 1.50. The van der Waals surface area contributed by atoms with Crippen molar-refractivity contribution in [3.05, 3.63) is 17.3 Å². The predicted molar refractivity (Wildman–Crippen MR) is 77.7 cm³/mol. The number of carbonyl (C=O) groups is 1. The zero-order valence-corrected chi connectivity index (χ0v) is 13.4. The molecule has 0 spiro atoms. The van der Waals surface area contributed by atoms with E-state index in [4.69, 9.17) is 9.15 Å². The molecule has 8 heteroatoms. The van der Waals surface area contributed by atoms with Gasteiger partial charge in [-0.25, -0.2) is 13.4 Å². The summed E-state index contributed by atoms with van der Waals surface area (Å²) in [4.78, 5) is 18.7. The molecule has 0 bridgehead atoms. The number of hydrogen-bond donors (Lipinski definition) is 0. The van der Waals surface area contributed by atoms with Crippen LogP contribution in [-0.4, -0.2) is 49.4 Å². The first-order valence-corrected chi connectivity index (χ1v) is 9.26. The van der Waals surface area contributed by atoms with Crippen molar-refractivity contribution in [3.63, 3.8) is 0 Å². The average Bonchev–Trinajstić information content (AvgIpc) is 2.88. The SMILES string of the molecule is COCc1nc2c(o1)CCN(C(=O)C1CCS(=O)(=O)CC1)C2. The largest absolute Gasteiger partial charge is 0.443 e. The number of amides is 1. The molecule has 0 unspecified atom stereocenters. The van der Waals surface area contributed by atoms with E-state index in [1.807, 2.05) is 0 Å². The number of ether oxygens (including phenoxy) is 1. The summed E-state index contributed by atoms with van der Waals surface area (Å²) in [6.45, 7) is 1.35. The number of rotatable bonds is 3. The van der Waals surface area contributed by atoms with Crippen LogP contribution >= 0.6 is 0 Å². The van der Waals surface area contributed by atoms with Crippen LogP contribution in [0.5, 0.6) is 0 Å². The fraction of sp³-hybridized carbons (Fsp3) is 0.714. The first kappa shape index (κ1) is 15.5. The Labute approximate surface area is 129 Å². The maximum Gasteiger partial charge on any atom is 0.226 e. The molecule has 122 valence electrons.